The Morgan fingerprint density at radius 3 is 1.89 bits per heavy atom. The Morgan fingerprint density at radius 1 is 0.778 bits per heavy atom. The average molecular weight is 925 g/mol. The van der Waals surface area contributed by atoms with Crippen molar-refractivity contribution in [1.82, 2.24) is 4.98 Å². The third-order valence-electron chi connectivity index (χ3n) is 12.9. The molecule has 5 aromatic rings. The van der Waals surface area contributed by atoms with Gasteiger partial charge in [0.1, 0.15) is 5.76 Å². The third kappa shape index (κ3) is 7.95. The number of benzene rings is 3. The summed E-state index contributed by atoms with van der Waals surface area (Å²) >= 11 is 1.89. The first kappa shape index (κ1) is 43.7. The first-order chi connectivity index (χ1) is 24.7. The van der Waals surface area contributed by atoms with Crippen LogP contribution in [0, 0.1) is 16.9 Å². The molecule has 6 rings (SSSR count). The summed E-state index contributed by atoms with van der Waals surface area (Å²) in [7, 11) is 0. The van der Waals surface area contributed by atoms with Crippen molar-refractivity contribution in [3.05, 3.63) is 89.0 Å². The number of hydrogen-bond acceptors (Lipinski definition) is 5. The number of hydrogen-bond donors (Lipinski definition) is 2. The Balaban J connectivity index is 0.000000294. The molecule has 1 radical (unpaired) electrons. The predicted octanol–water partition coefficient (Wildman–Crippen LogP) is 14.2. The second-order valence-corrected chi connectivity index (χ2v) is 19.3. The fourth-order valence-electron chi connectivity index (χ4n) is 7.77. The largest absolute Gasteiger partial charge is 0.508 e. The molecule has 4 nitrogen and oxygen atoms in total. The average Bonchev–Trinajstić information content (AvgIpc) is 3.52. The zero-order valence-electron chi connectivity index (χ0n) is 34.9. The van der Waals surface area contributed by atoms with Crippen molar-refractivity contribution in [3.63, 3.8) is 0 Å². The molecule has 54 heavy (non-hydrogen) atoms. The third-order valence-corrected chi connectivity index (χ3v) is 14.1. The van der Waals surface area contributed by atoms with Gasteiger partial charge in [-0.3, -0.25) is 9.78 Å². The van der Waals surface area contributed by atoms with Crippen LogP contribution in [-0.2, 0) is 41.1 Å². The van der Waals surface area contributed by atoms with E-state index in [2.05, 4.69) is 103 Å². The first-order valence-electron chi connectivity index (χ1n) is 19.7. The molecule has 0 spiro atoms. The maximum atomic E-state index is 12.3. The fraction of sp³-hybridized carbons (Fsp3) is 0.500. The summed E-state index contributed by atoms with van der Waals surface area (Å²) in [5.41, 5.74) is 5.87. The molecule has 1 aliphatic rings. The van der Waals surface area contributed by atoms with Gasteiger partial charge in [-0.15, -0.1) is 40.5 Å². The number of nitrogens with zero attached hydrogens (tertiary/aromatic N) is 1. The summed E-state index contributed by atoms with van der Waals surface area (Å²) < 4.78 is 2.64. The number of thiophene rings is 1. The number of fused-ring (bicyclic) bond motifs is 5. The minimum Gasteiger partial charge on any atom is -0.508 e. The molecule has 0 saturated heterocycles. The summed E-state index contributed by atoms with van der Waals surface area (Å²) in [5.74, 6) is -0.962. The number of Topliss-reactive ketones (excluding diaryl/α,β-unsaturated/α-hetero) is 1. The SMILES string of the molecule is CC(C)(C)c1cc(-c2nccc3c2sc2cc4c(cc23)C(C)(C)CCC4(C)C)[c-]c2ccccc12.CCC(C)(CC)C(=O)/C(O)=C(\O)C(C)(CC)CC.[Ir]. The van der Waals surface area contributed by atoms with Crippen LogP contribution in [0.4, 0.5) is 0 Å². The van der Waals surface area contributed by atoms with E-state index in [1.54, 1.807) is 0 Å². The van der Waals surface area contributed by atoms with Gasteiger partial charge in [-0.05, 0) is 89.5 Å². The van der Waals surface area contributed by atoms with Gasteiger partial charge in [-0.2, -0.15) is 0 Å². The van der Waals surface area contributed by atoms with Crippen LogP contribution in [0.3, 0.4) is 0 Å². The van der Waals surface area contributed by atoms with Crippen LogP contribution in [0.1, 0.15) is 145 Å². The number of pyridine rings is 1. The summed E-state index contributed by atoms with van der Waals surface area (Å²) in [6.07, 6.45) is 7.11. The van der Waals surface area contributed by atoms with Crippen LogP contribution in [0.15, 0.2) is 66.2 Å². The Bertz CT molecular complexity index is 2190. The fourth-order valence-corrected chi connectivity index (χ4v) is 8.99. The zero-order valence-corrected chi connectivity index (χ0v) is 38.1. The number of aliphatic hydroxyl groups excluding tert-OH is 2. The molecule has 2 aromatic heterocycles. The van der Waals surface area contributed by atoms with Gasteiger partial charge in [0.25, 0.3) is 0 Å². The summed E-state index contributed by atoms with van der Waals surface area (Å²) in [6, 6.07) is 21.9. The van der Waals surface area contributed by atoms with Crippen LogP contribution < -0.4 is 0 Å². The van der Waals surface area contributed by atoms with E-state index in [-0.39, 0.29) is 47.9 Å². The van der Waals surface area contributed by atoms with Crippen LogP contribution >= 0.6 is 11.3 Å². The second-order valence-electron chi connectivity index (χ2n) is 18.3. The number of allylic oxidation sites excluding steroid dienone is 2. The molecule has 0 amide bonds. The summed E-state index contributed by atoms with van der Waals surface area (Å²) in [4.78, 5) is 17.2. The quantitative estimate of drug-likeness (QED) is 0.0924. The number of aromatic nitrogens is 1. The Labute approximate surface area is 342 Å². The Kier molecular flexibility index (Phi) is 12.8. The molecule has 6 heteroatoms. The van der Waals surface area contributed by atoms with Crippen LogP contribution in [-0.4, -0.2) is 21.0 Å². The molecular formula is C48H62IrNO3S-. The minimum atomic E-state index is -0.597. The standard InChI is InChI=1S/C33H34NS.C15H28O3.Ir/c1-31(2,3)25-17-21(16-20-10-8-9-11-22(20)25)29-30-23(12-15-34-29)24-18-26-27(19-28(24)35-30)33(6,7)14-13-32(26,4)5;1-7-14(5,8-2)12(17)11(16)13(18)15(6,9-3)10-4;/h8-12,15,17-19H,13-14H2,1-7H3;16-17H,7-10H2,1-6H3;/q-1;;/b;12-11+;. The van der Waals surface area contributed by atoms with Gasteiger partial charge in [0.2, 0.25) is 5.78 Å². The number of aliphatic hydroxyl groups is 2. The molecule has 0 atom stereocenters. The first-order valence-corrected chi connectivity index (χ1v) is 20.5. The van der Waals surface area contributed by atoms with Crippen LogP contribution in [0.2, 0.25) is 0 Å². The number of carbonyl (C=O) groups excluding carboxylic acids is 1. The van der Waals surface area contributed by atoms with E-state index in [9.17, 15) is 15.0 Å². The maximum absolute atomic E-state index is 12.3. The van der Waals surface area contributed by atoms with E-state index in [1.165, 1.54) is 55.1 Å². The van der Waals surface area contributed by atoms with Crippen LogP contribution in [0.25, 0.3) is 42.2 Å². The van der Waals surface area contributed by atoms with Crippen molar-refractivity contribution in [3.8, 4) is 11.3 Å². The Hall–Kier alpha value is -3.05. The van der Waals surface area contributed by atoms with Gasteiger partial charge in [0.15, 0.2) is 5.76 Å². The monoisotopic (exact) mass is 925 g/mol. The van der Waals surface area contributed by atoms with Gasteiger partial charge < -0.3 is 10.2 Å². The van der Waals surface area contributed by atoms with E-state index >= 15 is 0 Å². The molecule has 0 unspecified atom stereocenters. The smallest absolute Gasteiger partial charge is 0.206 e. The zero-order chi connectivity index (χ0) is 39.3. The molecule has 0 bridgehead atoms. The van der Waals surface area contributed by atoms with E-state index in [1.807, 2.05) is 59.1 Å². The van der Waals surface area contributed by atoms with Crippen molar-refractivity contribution in [2.75, 3.05) is 0 Å². The van der Waals surface area contributed by atoms with Gasteiger partial charge in [-0.1, -0.05) is 119 Å². The number of ketones is 1. The van der Waals surface area contributed by atoms with Gasteiger partial charge >= 0.3 is 0 Å². The molecule has 0 saturated carbocycles. The van der Waals surface area contributed by atoms with Crippen molar-refractivity contribution in [2.24, 2.45) is 10.8 Å². The van der Waals surface area contributed by atoms with E-state index in [0.717, 1.165) is 16.6 Å². The minimum absolute atomic E-state index is 0. The van der Waals surface area contributed by atoms with Gasteiger partial charge in [0, 0.05) is 57.6 Å². The number of rotatable bonds is 8. The topological polar surface area (TPSA) is 70.4 Å². The van der Waals surface area contributed by atoms with Gasteiger partial charge in [0.05, 0.1) is 0 Å². The maximum Gasteiger partial charge on any atom is 0.206 e. The Morgan fingerprint density at radius 2 is 1.33 bits per heavy atom. The molecule has 0 fully saturated rings. The van der Waals surface area contributed by atoms with Crippen molar-refractivity contribution in [2.45, 2.75) is 145 Å². The molecule has 0 aliphatic heterocycles. The second kappa shape index (κ2) is 15.8. The molecular weight excluding hydrogens is 863 g/mol. The number of carbonyl (C=O) groups is 1. The van der Waals surface area contributed by atoms with Crippen molar-refractivity contribution in [1.29, 1.82) is 0 Å². The molecule has 1 aliphatic carbocycles. The molecule has 2 N–H and O–H groups in total. The van der Waals surface area contributed by atoms with Crippen molar-refractivity contribution < 1.29 is 35.1 Å². The summed E-state index contributed by atoms with van der Waals surface area (Å²) in [5, 5.41) is 25.4. The van der Waals surface area contributed by atoms with Crippen molar-refractivity contribution >= 4 is 48.1 Å². The van der Waals surface area contributed by atoms with E-state index < -0.39 is 16.6 Å². The summed E-state index contributed by atoms with van der Waals surface area (Å²) in [6.45, 7) is 27.9. The van der Waals surface area contributed by atoms with E-state index in [0.29, 0.717) is 25.7 Å². The van der Waals surface area contributed by atoms with E-state index in [4.69, 9.17) is 4.98 Å². The molecule has 2 heterocycles. The normalized spacial score (nSPS) is 15.9. The predicted molar refractivity (Wildman–Crippen MR) is 228 cm³/mol. The molecule has 3 aromatic carbocycles. The molecule has 293 valence electrons. The van der Waals surface area contributed by atoms with Gasteiger partial charge in [-0.25, -0.2) is 0 Å². The van der Waals surface area contributed by atoms with Crippen LogP contribution in [0.5, 0.6) is 0 Å².